The Balaban J connectivity index is 1.67. The SMILES string of the molecule is N#Cc1ccc(CC(=O)Nc2ccc(F)c(N3CCOCC3)c2)cn1. The van der Waals surface area contributed by atoms with Crippen LogP contribution in [0.15, 0.2) is 36.5 Å². The van der Waals surface area contributed by atoms with Crippen LogP contribution < -0.4 is 10.2 Å². The summed E-state index contributed by atoms with van der Waals surface area (Å²) in [4.78, 5) is 18.0. The van der Waals surface area contributed by atoms with Crippen molar-refractivity contribution in [2.24, 2.45) is 0 Å². The lowest BCUT2D eigenvalue weighted by molar-refractivity contribution is -0.115. The predicted molar refractivity (Wildman–Crippen MR) is 90.7 cm³/mol. The second-order valence-corrected chi connectivity index (χ2v) is 5.65. The van der Waals surface area contributed by atoms with Crippen LogP contribution in [0.4, 0.5) is 15.8 Å². The van der Waals surface area contributed by atoms with Crippen LogP contribution in [0, 0.1) is 17.1 Å². The van der Waals surface area contributed by atoms with Gasteiger partial charge in [-0.1, -0.05) is 6.07 Å². The number of amides is 1. The monoisotopic (exact) mass is 340 g/mol. The maximum absolute atomic E-state index is 14.1. The number of halogens is 1. The Morgan fingerprint density at radius 1 is 1.32 bits per heavy atom. The Bertz CT molecular complexity index is 796. The zero-order chi connectivity index (χ0) is 17.6. The van der Waals surface area contributed by atoms with Crippen molar-refractivity contribution in [1.82, 2.24) is 4.98 Å². The number of carbonyl (C=O) groups excluding carboxylic acids is 1. The zero-order valence-electron chi connectivity index (χ0n) is 13.5. The van der Waals surface area contributed by atoms with E-state index in [2.05, 4.69) is 10.3 Å². The van der Waals surface area contributed by atoms with Gasteiger partial charge in [-0.15, -0.1) is 0 Å². The molecule has 0 radical (unpaired) electrons. The number of anilines is 2. The van der Waals surface area contributed by atoms with Crippen molar-refractivity contribution < 1.29 is 13.9 Å². The molecule has 128 valence electrons. The van der Waals surface area contributed by atoms with Crippen LogP contribution in [-0.2, 0) is 16.0 Å². The molecule has 1 aliphatic rings. The van der Waals surface area contributed by atoms with Gasteiger partial charge in [0.15, 0.2) is 0 Å². The van der Waals surface area contributed by atoms with Gasteiger partial charge in [0, 0.05) is 25.0 Å². The van der Waals surface area contributed by atoms with Crippen molar-refractivity contribution in [2.75, 3.05) is 36.5 Å². The number of hydrogen-bond acceptors (Lipinski definition) is 5. The summed E-state index contributed by atoms with van der Waals surface area (Å²) in [5.41, 5.74) is 2.00. The lowest BCUT2D eigenvalue weighted by Gasteiger charge is -2.29. The topological polar surface area (TPSA) is 78.2 Å². The Morgan fingerprint density at radius 2 is 2.12 bits per heavy atom. The lowest BCUT2D eigenvalue weighted by atomic mass is 10.2. The fraction of sp³-hybridized carbons (Fsp3) is 0.278. The molecule has 0 atom stereocenters. The molecule has 1 fully saturated rings. The van der Waals surface area contributed by atoms with Crippen LogP contribution >= 0.6 is 0 Å². The van der Waals surface area contributed by atoms with E-state index in [-0.39, 0.29) is 18.1 Å². The highest BCUT2D eigenvalue weighted by atomic mass is 19.1. The van der Waals surface area contributed by atoms with Crippen LogP contribution in [0.2, 0.25) is 0 Å². The third-order valence-electron chi connectivity index (χ3n) is 3.89. The van der Waals surface area contributed by atoms with Gasteiger partial charge in [0.25, 0.3) is 0 Å². The fourth-order valence-electron chi connectivity index (χ4n) is 2.62. The normalized spacial score (nSPS) is 14.0. The summed E-state index contributed by atoms with van der Waals surface area (Å²) >= 11 is 0. The molecule has 1 aromatic heterocycles. The van der Waals surface area contributed by atoms with Gasteiger partial charge < -0.3 is 15.0 Å². The van der Waals surface area contributed by atoms with Crippen molar-refractivity contribution >= 4 is 17.3 Å². The number of morpholine rings is 1. The molecule has 0 saturated carbocycles. The predicted octanol–water partition coefficient (Wildman–Crippen LogP) is 2.11. The van der Waals surface area contributed by atoms with Crippen molar-refractivity contribution in [3.05, 3.63) is 53.6 Å². The van der Waals surface area contributed by atoms with E-state index in [9.17, 15) is 9.18 Å². The number of hydrogen-bond donors (Lipinski definition) is 1. The molecule has 25 heavy (non-hydrogen) atoms. The third kappa shape index (κ3) is 4.31. The number of aromatic nitrogens is 1. The first-order valence-electron chi connectivity index (χ1n) is 7.93. The Hall–Kier alpha value is -2.98. The molecule has 0 aliphatic carbocycles. The molecule has 2 heterocycles. The Morgan fingerprint density at radius 3 is 2.80 bits per heavy atom. The van der Waals surface area contributed by atoms with Crippen molar-refractivity contribution in [3.63, 3.8) is 0 Å². The average molecular weight is 340 g/mol. The number of pyridine rings is 1. The fourth-order valence-corrected chi connectivity index (χ4v) is 2.62. The molecule has 1 aliphatic heterocycles. The van der Waals surface area contributed by atoms with Crippen LogP contribution in [0.25, 0.3) is 0 Å². The Labute approximate surface area is 144 Å². The average Bonchev–Trinajstić information content (AvgIpc) is 2.64. The van der Waals surface area contributed by atoms with Crippen LogP contribution in [-0.4, -0.2) is 37.2 Å². The van der Waals surface area contributed by atoms with E-state index < -0.39 is 0 Å². The minimum atomic E-state index is -0.323. The molecule has 7 heteroatoms. The molecule has 1 N–H and O–H groups in total. The van der Waals surface area contributed by atoms with E-state index >= 15 is 0 Å². The van der Waals surface area contributed by atoms with Crippen molar-refractivity contribution in [1.29, 1.82) is 5.26 Å². The second-order valence-electron chi connectivity index (χ2n) is 5.65. The summed E-state index contributed by atoms with van der Waals surface area (Å²) < 4.78 is 19.4. The zero-order valence-corrected chi connectivity index (χ0v) is 13.5. The van der Waals surface area contributed by atoms with E-state index in [1.54, 1.807) is 18.2 Å². The van der Waals surface area contributed by atoms with Gasteiger partial charge in [-0.3, -0.25) is 4.79 Å². The van der Waals surface area contributed by atoms with Gasteiger partial charge in [0.1, 0.15) is 17.6 Å². The van der Waals surface area contributed by atoms with Crippen LogP contribution in [0.1, 0.15) is 11.3 Å². The molecular weight excluding hydrogens is 323 g/mol. The summed E-state index contributed by atoms with van der Waals surface area (Å²) in [6.45, 7) is 2.35. The molecule has 0 bridgehead atoms. The first-order valence-corrected chi connectivity index (χ1v) is 7.93. The first kappa shape index (κ1) is 16.9. The number of rotatable bonds is 4. The number of nitrogens with one attached hydrogen (secondary N) is 1. The molecule has 0 unspecified atom stereocenters. The standard InChI is InChI=1S/C18H17FN4O2/c19-16-4-3-14(10-17(16)23-5-7-25-8-6-23)22-18(24)9-13-1-2-15(11-20)21-12-13/h1-4,10,12H,5-9H2,(H,22,24). The summed E-state index contributed by atoms with van der Waals surface area (Å²) in [7, 11) is 0. The van der Waals surface area contributed by atoms with Gasteiger partial charge in [0.05, 0.1) is 25.3 Å². The smallest absolute Gasteiger partial charge is 0.228 e. The second kappa shape index (κ2) is 7.73. The van der Waals surface area contributed by atoms with E-state index in [0.29, 0.717) is 48.9 Å². The molecular formula is C18H17FN4O2. The third-order valence-corrected chi connectivity index (χ3v) is 3.89. The van der Waals surface area contributed by atoms with Gasteiger partial charge in [-0.05, 0) is 29.8 Å². The van der Waals surface area contributed by atoms with E-state index in [4.69, 9.17) is 10.00 Å². The maximum Gasteiger partial charge on any atom is 0.228 e. The van der Waals surface area contributed by atoms with E-state index in [0.717, 1.165) is 0 Å². The van der Waals surface area contributed by atoms with Crippen molar-refractivity contribution in [3.8, 4) is 6.07 Å². The number of carbonyl (C=O) groups is 1. The number of nitriles is 1. The van der Waals surface area contributed by atoms with Gasteiger partial charge in [-0.25, -0.2) is 9.37 Å². The number of nitrogens with zero attached hydrogens (tertiary/aromatic N) is 3. The van der Waals surface area contributed by atoms with Gasteiger partial charge >= 0.3 is 0 Å². The number of benzene rings is 1. The van der Waals surface area contributed by atoms with Gasteiger partial charge in [-0.2, -0.15) is 5.26 Å². The van der Waals surface area contributed by atoms with Crippen LogP contribution in [0.3, 0.4) is 0 Å². The minimum absolute atomic E-state index is 0.128. The molecule has 0 spiro atoms. The highest BCUT2D eigenvalue weighted by Gasteiger charge is 2.16. The number of ether oxygens (including phenoxy) is 1. The first-order chi connectivity index (χ1) is 12.2. The molecule has 1 amide bonds. The maximum atomic E-state index is 14.1. The molecule has 6 nitrogen and oxygen atoms in total. The molecule has 2 aromatic rings. The van der Waals surface area contributed by atoms with Crippen molar-refractivity contribution in [2.45, 2.75) is 6.42 Å². The van der Waals surface area contributed by atoms with E-state index in [1.807, 2.05) is 11.0 Å². The molecule has 1 saturated heterocycles. The minimum Gasteiger partial charge on any atom is -0.378 e. The van der Waals surface area contributed by atoms with E-state index in [1.165, 1.54) is 18.3 Å². The quantitative estimate of drug-likeness (QED) is 0.922. The summed E-state index contributed by atoms with van der Waals surface area (Å²) in [5.74, 6) is -0.553. The highest BCUT2D eigenvalue weighted by Crippen LogP contribution is 2.24. The molecule has 3 rings (SSSR count). The van der Waals surface area contributed by atoms with Crippen LogP contribution in [0.5, 0.6) is 0 Å². The summed E-state index contributed by atoms with van der Waals surface area (Å²) in [6, 6.07) is 9.71. The van der Waals surface area contributed by atoms with Gasteiger partial charge in [0.2, 0.25) is 5.91 Å². The summed E-state index contributed by atoms with van der Waals surface area (Å²) in [5, 5.41) is 11.5. The Kier molecular flexibility index (Phi) is 5.21. The lowest BCUT2D eigenvalue weighted by Crippen LogP contribution is -2.36. The summed E-state index contributed by atoms with van der Waals surface area (Å²) in [6.07, 6.45) is 1.63. The molecule has 1 aromatic carbocycles. The largest absolute Gasteiger partial charge is 0.378 e. The highest BCUT2D eigenvalue weighted by molar-refractivity contribution is 5.92.